The van der Waals surface area contributed by atoms with Crippen molar-refractivity contribution in [2.24, 2.45) is 0 Å². The Morgan fingerprint density at radius 1 is 1.42 bits per heavy atom. The molecule has 7 heteroatoms. The minimum Gasteiger partial charge on any atom is -0.492 e. The maximum Gasteiger partial charge on any atom is 0.239 e. The Labute approximate surface area is 147 Å². The summed E-state index contributed by atoms with van der Waals surface area (Å²) in [6.07, 6.45) is 1.75. The molecule has 1 atom stereocenters. The molecule has 0 aliphatic carbocycles. The Kier molecular flexibility index (Phi) is 6.87. The summed E-state index contributed by atoms with van der Waals surface area (Å²) >= 11 is 5.88. The second-order valence-corrected chi connectivity index (χ2v) is 6.45. The fraction of sp³-hybridized carbons (Fsp3) is 0.529. The van der Waals surface area contributed by atoms with Crippen LogP contribution in [0.2, 0.25) is 5.02 Å². The predicted octanol–water partition coefficient (Wildman–Crippen LogP) is 1.39. The van der Waals surface area contributed by atoms with Crippen LogP contribution in [-0.4, -0.2) is 68.0 Å². The number of amides is 2. The van der Waals surface area contributed by atoms with Crippen molar-refractivity contribution in [3.8, 4) is 5.75 Å². The van der Waals surface area contributed by atoms with Crippen molar-refractivity contribution >= 4 is 23.4 Å². The quantitative estimate of drug-likeness (QED) is 0.752. The van der Waals surface area contributed by atoms with Gasteiger partial charge in [0.15, 0.2) is 0 Å². The standard InChI is InChI=1S/C17H24ClN3O3/c1-20(2)17(23)15-7-4-9-21(15)12-16(22)19-8-10-24-14-6-3-5-13(18)11-14/h3,5-6,11,15H,4,7-10,12H2,1-2H3,(H,19,22). The van der Waals surface area contributed by atoms with E-state index in [1.54, 1.807) is 31.1 Å². The number of hydrogen-bond donors (Lipinski definition) is 1. The minimum atomic E-state index is -0.187. The maximum atomic E-state index is 12.1. The van der Waals surface area contributed by atoms with E-state index in [1.165, 1.54) is 0 Å². The summed E-state index contributed by atoms with van der Waals surface area (Å²) in [6, 6.07) is 6.94. The molecule has 2 rings (SSSR count). The van der Waals surface area contributed by atoms with Crippen LogP contribution in [0.5, 0.6) is 5.75 Å². The average molecular weight is 354 g/mol. The molecule has 132 valence electrons. The fourth-order valence-electron chi connectivity index (χ4n) is 2.75. The van der Waals surface area contributed by atoms with E-state index < -0.39 is 0 Å². The summed E-state index contributed by atoms with van der Waals surface area (Å²) in [4.78, 5) is 27.7. The molecule has 0 bridgehead atoms. The van der Waals surface area contributed by atoms with E-state index in [0.29, 0.717) is 23.9 Å². The first-order valence-electron chi connectivity index (χ1n) is 8.07. The van der Waals surface area contributed by atoms with Crippen LogP contribution in [0.3, 0.4) is 0 Å². The van der Waals surface area contributed by atoms with Gasteiger partial charge in [-0.05, 0) is 37.6 Å². The van der Waals surface area contributed by atoms with Crippen molar-refractivity contribution in [3.05, 3.63) is 29.3 Å². The zero-order valence-electron chi connectivity index (χ0n) is 14.1. The van der Waals surface area contributed by atoms with Crippen molar-refractivity contribution < 1.29 is 14.3 Å². The average Bonchev–Trinajstić information content (AvgIpc) is 2.98. The van der Waals surface area contributed by atoms with Crippen LogP contribution in [0.25, 0.3) is 0 Å². The predicted molar refractivity (Wildman–Crippen MR) is 93.2 cm³/mol. The van der Waals surface area contributed by atoms with E-state index in [4.69, 9.17) is 16.3 Å². The number of nitrogens with zero attached hydrogens (tertiary/aromatic N) is 2. The van der Waals surface area contributed by atoms with E-state index in [0.717, 1.165) is 19.4 Å². The molecule has 1 fully saturated rings. The summed E-state index contributed by atoms with van der Waals surface area (Å²) in [5.41, 5.74) is 0. The van der Waals surface area contributed by atoms with Gasteiger partial charge in [-0.15, -0.1) is 0 Å². The molecular formula is C17H24ClN3O3. The lowest BCUT2D eigenvalue weighted by atomic mass is 10.2. The lowest BCUT2D eigenvalue weighted by Gasteiger charge is -2.25. The summed E-state index contributed by atoms with van der Waals surface area (Å²) in [7, 11) is 3.48. The minimum absolute atomic E-state index is 0.0598. The Bertz CT molecular complexity index is 580. The summed E-state index contributed by atoms with van der Waals surface area (Å²) in [6.45, 7) is 1.79. The molecule has 1 aliphatic rings. The summed E-state index contributed by atoms with van der Waals surface area (Å²) < 4.78 is 5.52. The first-order valence-corrected chi connectivity index (χ1v) is 8.45. The number of benzene rings is 1. The lowest BCUT2D eigenvalue weighted by Crippen LogP contribution is -2.47. The van der Waals surface area contributed by atoms with E-state index >= 15 is 0 Å². The SMILES string of the molecule is CN(C)C(=O)C1CCCN1CC(=O)NCCOc1cccc(Cl)c1. The van der Waals surface area contributed by atoms with Crippen LogP contribution in [-0.2, 0) is 9.59 Å². The van der Waals surface area contributed by atoms with Crippen molar-refractivity contribution in [3.63, 3.8) is 0 Å². The van der Waals surface area contributed by atoms with E-state index in [1.807, 2.05) is 17.0 Å². The molecule has 1 aromatic rings. The van der Waals surface area contributed by atoms with E-state index in [-0.39, 0.29) is 24.4 Å². The number of halogens is 1. The van der Waals surface area contributed by atoms with Gasteiger partial charge < -0.3 is 15.0 Å². The Balaban J connectivity index is 1.70. The second-order valence-electron chi connectivity index (χ2n) is 6.02. The molecule has 24 heavy (non-hydrogen) atoms. The Morgan fingerprint density at radius 2 is 2.21 bits per heavy atom. The number of hydrogen-bond acceptors (Lipinski definition) is 4. The summed E-state index contributed by atoms with van der Waals surface area (Å²) in [5.74, 6) is 0.640. The molecular weight excluding hydrogens is 330 g/mol. The molecule has 6 nitrogen and oxygen atoms in total. The molecule has 1 unspecified atom stereocenters. The zero-order chi connectivity index (χ0) is 17.5. The van der Waals surface area contributed by atoms with Gasteiger partial charge in [0.1, 0.15) is 12.4 Å². The van der Waals surface area contributed by atoms with Gasteiger partial charge in [-0.3, -0.25) is 14.5 Å². The first-order chi connectivity index (χ1) is 11.5. The molecule has 0 saturated carbocycles. The normalized spacial score (nSPS) is 17.5. The highest BCUT2D eigenvalue weighted by molar-refractivity contribution is 6.30. The van der Waals surface area contributed by atoms with Crippen LogP contribution >= 0.6 is 11.6 Å². The number of carbonyl (C=O) groups is 2. The lowest BCUT2D eigenvalue weighted by molar-refractivity contribution is -0.134. The Morgan fingerprint density at radius 3 is 2.92 bits per heavy atom. The Hall–Kier alpha value is -1.79. The van der Waals surface area contributed by atoms with Crippen LogP contribution in [0.15, 0.2) is 24.3 Å². The van der Waals surface area contributed by atoms with Crippen molar-refractivity contribution in [1.29, 1.82) is 0 Å². The van der Waals surface area contributed by atoms with Gasteiger partial charge in [-0.1, -0.05) is 17.7 Å². The van der Waals surface area contributed by atoms with Gasteiger partial charge in [-0.25, -0.2) is 0 Å². The molecule has 1 N–H and O–H groups in total. The highest BCUT2D eigenvalue weighted by atomic mass is 35.5. The van der Waals surface area contributed by atoms with Gasteiger partial charge in [-0.2, -0.15) is 0 Å². The van der Waals surface area contributed by atoms with E-state index in [2.05, 4.69) is 5.32 Å². The van der Waals surface area contributed by atoms with E-state index in [9.17, 15) is 9.59 Å². The highest BCUT2D eigenvalue weighted by Gasteiger charge is 2.32. The second kappa shape index (κ2) is 8.89. The molecule has 2 amide bonds. The number of likely N-dealkylation sites (tertiary alicyclic amines) is 1. The highest BCUT2D eigenvalue weighted by Crippen LogP contribution is 2.18. The monoisotopic (exact) mass is 353 g/mol. The largest absolute Gasteiger partial charge is 0.492 e. The van der Waals surface area contributed by atoms with Crippen molar-refractivity contribution in [2.75, 3.05) is 40.3 Å². The van der Waals surface area contributed by atoms with Gasteiger partial charge in [0.2, 0.25) is 11.8 Å². The molecule has 0 aromatic heterocycles. The van der Waals surface area contributed by atoms with Crippen LogP contribution in [0.4, 0.5) is 0 Å². The number of likely N-dealkylation sites (N-methyl/N-ethyl adjacent to an activating group) is 1. The van der Waals surface area contributed by atoms with Gasteiger partial charge in [0.05, 0.1) is 19.1 Å². The van der Waals surface area contributed by atoms with Crippen LogP contribution < -0.4 is 10.1 Å². The van der Waals surface area contributed by atoms with Crippen molar-refractivity contribution in [2.45, 2.75) is 18.9 Å². The number of rotatable bonds is 7. The first kappa shape index (κ1) is 18.5. The van der Waals surface area contributed by atoms with Gasteiger partial charge >= 0.3 is 0 Å². The molecule has 0 radical (unpaired) electrons. The third kappa shape index (κ3) is 5.39. The number of ether oxygens (including phenoxy) is 1. The maximum absolute atomic E-state index is 12.1. The van der Waals surface area contributed by atoms with Crippen molar-refractivity contribution in [1.82, 2.24) is 15.1 Å². The smallest absolute Gasteiger partial charge is 0.239 e. The molecule has 0 spiro atoms. The topological polar surface area (TPSA) is 61.9 Å². The third-order valence-corrected chi connectivity index (χ3v) is 4.16. The fourth-order valence-corrected chi connectivity index (χ4v) is 2.93. The summed E-state index contributed by atoms with van der Waals surface area (Å²) in [5, 5.41) is 3.43. The van der Waals surface area contributed by atoms with Crippen LogP contribution in [0, 0.1) is 0 Å². The van der Waals surface area contributed by atoms with Crippen LogP contribution in [0.1, 0.15) is 12.8 Å². The van der Waals surface area contributed by atoms with Gasteiger partial charge in [0.25, 0.3) is 0 Å². The molecule has 1 saturated heterocycles. The van der Waals surface area contributed by atoms with Gasteiger partial charge in [0, 0.05) is 19.1 Å². The molecule has 1 aliphatic heterocycles. The zero-order valence-corrected chi connectivity index (χ0v) is 14.9. The molecule has 1 heterocycles. The third-order valence-electron chi connectivity index (χ3n) is 3.93. The molecule has 1 aromatic carbocycles. The number of nitrogens with one attached hydrogen (secondary N) is 1. The number of carbonyl (C=O) groups excluding carboxylic acids is 2.